The molecule has 2 rings (SSSR count). The van der Waals surface area contributed by atoms with Crippen molar-refractivity contribution in [3.63, 3.8) is 0 Å². The zero-order chi connectivity index (χ0) is 14.6. The number of carbonyl (C=O) groups excluding carboxylic acids is 1. The van der Waals surface area contributed by atoms with Crippen LogP contribution in [-0.2, 0) is 11.3 Å². The van der Waals surface area contributed by atoms with Crippen molar-refractivity contribution in [3.05, 3.63) is 29.8 Å². The number of hydrogen-bond acceptors (Lipinski definition) is 3. The molecular weight excluding hydrogens is 250 g/mol. The molecule has 0 aromatic heterocycles. The van der Waals surface area contributed by atoms with Gasteiger partial charge in [-0.15, -0.1) is 0 Å². The van der Waals surface area contributed by atoms with Crippen LogP contribution in [0.25, 0.3) is 0 Å². The standard InChI is InChI=1S/C16H25N3O/c1-3-19(4-2)11-13-7-5-6-8-14(13)18-15(20)16(12-17)9-10-16/h5-8H,3-4,9-12,17H2,1-2H3,(H,18,20). The maximum atomic E-state index is 12.3. The molecule has 1 aromatic carbocycles. The van der Waals surface area contributed by atoms with Crippen LogP contribution in [-0.4, -0.2) is 30.4 Å². The van der Waals surface area contributed by atoms with Crippen molar-refractivity contribution in [2.45, 2.75) is 33.2 Å². The fraction of sp³-hybridized carbons (Fsp3) is 0.562. The average molecular weight is 275 g/mol. The number of amides is 1. The number of nitrogens with zero attached hydrogens (tertiary/aromatic N) is 1. The van der Waals surface area contributed by atoms with Gasteiger partial charge in [-0.3, -0.25) is 9.69 Å². The Kier molecular flexibility index (Phi) is 4.78. The summed E-state index contributed by atoms with van der Waals surface area (Å²) in [6, 6.07) is 8.03. The number of benzene rings is 1. The van der Waals surface area contributed by atoms with Gasteiger partial charge in [0.15, 0.2) is 0 Å². The van der Waals surface area contributed by atoms with Gasteiger partial charge in [-0.1, -0.05) is 32.0 Å². The molecule has 0 atom stereocenters. The number of anilines is 1. The van der Waals surface area contributed by atoms with Crippen LogP contribution in [0.15, 0.2) is 24.3 Å². The van der Waals surface area contributed by atoms with E-state index in [9.17, 15) is 4.79 Å². The minimum Gasteiger partial charge on any atom is -0.329 e. The minimum absolute atomic E-state index is 0.0759. The Bertz CT molecular complexity index is 465. The molecule has 0 heterocycles. The van der Waals surface area contributed by atoms with Crippen LogP contribution >= 0.6 is 0 Å². The number of nitrogens with one attached hydrogen (secondary N) is 1. The zero-order valence-electron chi connectivity index (χ0n) is 12.5. The Morgan fingerprint density at radius 1 is 1.30 bits per heavy atom. The Morgan fingerprint density at radius 3 is 2.50 bits per heavy atom. The fourth-order valence-corrected chi connectivity index (χ4v) is 2.40. The van der Waals surface area contributed by atoms with E-state index >= 15 is 0 Å². The summed E-state index contributed by atoms with van der Waals surface area (Å²) in [5, 5.41) is 3.07. The highest BCUT2D eigenvalue weighted by molar-refractivity contribution is 5.97. The van der Waals surface area contributed by atoms with E-state index in [0.717, 1.165) is 43.7 Å². The van der Waals surface area contributed by atoms with Crippen molar-refractivity contribution in [1.29, 1.82) is 0 Å². The number of para-hydroxylation sites is 1. The third-order valence-corrected chi connectivity index (χ3v) is 4.28. The molecule has 1 amide bonds. The zero-order valence-corrected chi connectivity index (χ0v) is 12.5. The van der Waals surface area contributed by atoms with Gasteiger partial charge in [0.05, 0.1) is 5.41 Å². The Balaban J connectivity index is 2.10. The van der Waals surface area contributed by atoms with Crippen molar-refractivity contribution >= 4 is 11.6 Å². The molecule has 3 N–H and O–H groups in total. The molecule has 1 aromatic rings. The lowest BCUT2D eigenvalue weighted by Gasteiger charge is -2.21. The molecule has 1 fully saturated rings. The van der Waals surface area contributed by atoms with Gasteiger partial charge in [0, 0.05) is 18.8 Å². The molecule has 1 saturated carbocycles. The van der Waals surface area contributed by atoms with E-state index < -0.39 is 0 Å². The lowest BCUT2D eigenvalue weighted by atomic mass is 10.1. The summed E-state index contributed by atoms with van der Waals surface area (Å²) in [7, 11) is 0. The summed E-state index contributed by atoms with van der Waals surface area (Å²) < 4.78 is 0. The second-order valence-electron chi connectivity index (χ2n) is 5.56. The number of rotatable bonds is 7. The summed E-state index contributed by atoms with van der Waals surface area (Å²) in [6.45, 7) is 7.61. The van der Waals surface area contributed by atoms with Crippen LogP contribution in [0.4, 0.5) is 5.69 Å². The van der Waals surface area contributed by atoms with Gasteiger partial charge in [0.1, 0.15) is 0 Å². The monoisotopic (exact) mass is 275 g/mol. The SMILES string of the molecule is CCN(CC)Cc1ccccc1NC(=O)C1(CN)CC1. The molecule has 0 radical (unpaired) electrons. The molecule has 0 aliphatic heterocycles. The first-order chi connectivity index (χ1) is 9.65. The molecule has 1 aliphatic carbocycles. The number of hydrogen-bond donors (Lipinski definition) is 2. The number of nitrogens with two attached hydrogens (primary N) is 1. The Hall–Kier alpha value is -1.39. The third kappa shape index (κ3) is 3.19. The van der Waals surface area contributed by atoms with E-state index in [1.54, 1.807) is 0 Å². The van der Waals surface area contributed by atoms with Gasteiger partial charge in [-0.25, -0.2) is 0 Å². The number of carbonyl (C=O) groups is 1. The van der Waals surface area contributed by atoms with E-state index in [1.807, 2.05) is 18.2 Å². The van der Waals surface area contributed by atoms with Crippen LogP contribution in [0, 0.1) is 5.41 Å². The summed E-state index contributed by atoms with van der Waals surface area (Å²) in [5.41, 5.74) is 7.50. The molecular formula is C16H25N3O. The molecule has 0 unspecified atom stereocenters. The second-order valence-corrected chi connectivity index (χ2v) is 5.56. The first-order valence-electron chi connectivity index (χ1n) is 7.47. The van der Waals surface area contributed by atoms with Crippen molar-refractivity contribution < 1.29 is 4.79 Å². The van der Waals surface area contributed by atoms with Gasteiger partial charge in [-0.2, -0.15) is 0 Å². The van der Waals surface area contributed by atoms with Crippen molar-refractivity contribution in [1.82, 2.24) is 4.90 Å². The highest BCUT2D eigenvalue weighted by Gasteiger charge is 2.48. The van der Waals surface area contributed by atoms with Crippen LogP contribution < -0.4 is 11.1 Å². The molecule has 0 spiro atoms. The quantitative estimate of drug-likeness (QED) is 0.802. The van der Waals surface area contributed by atoms with Crippen LogP contribution in [0.2, 0.25) is 0 Å². The lowest BCUT2D eigenvalue weighted by Crippen LogP contribution is -2.31. The summed E-state index contributed by atoms with van der Waals surface area (Å²) in [5.74, 6) is 0.0759. The Labute approximate surface area is 121 Å². The van der Waals surface area contributed by atoms with E-state index in [1.165, 1.54) is 0 Å². The van der Waals surface area contributed by atoms with E-state index in [2.05, 4.69) is 30.1 Å². The normalized spacial score (nSPS) is 16.2. The summed E-state index contributed by atoms with van der Waals surface area (Å²) in [6.07, 6.45) is 1.82. The predicted octanol–water partition coefficient (Wildman–Crippen LogP) is 2.21. The van der Waals surface area contributed by atoms with E-state index in [-0.39, 0.29) is 11.3 Å². The molecule has 110 valence electrons. The van der Waals surface area contributed by atoms with Gasteiger partial charge < -0.3 is 11.1 Å². The molecule has 0 bridgehead atoms. The highest BCUT2D eigenvalue weighted by atomic mass is 16.2. The van der Waals surface area contributed by atoms with Crippen molar-refractivity contribution in [2.75, 3.05) is 25.0 Å². The highest BCUT2D eigenvalue weighted by Crippen LogP contribution is 2.45. The lowest BCUT2D eigenvalue weighted by molar-refractivity contribution is -0.120. The first kappa shape index (κ1) is 15.0. The Morgan fingerprint density at radius 2 is 1.95 bits per heavy atom. The van der Waals surface area contributed by atoms with Gasteiger partial charge >= 0.3 is 0 Å². The van der Waals surface area contributed by atoms with E-state index in [4.69, 9.17) is 5.73 Å². The fourth-order valence-electron chi connectivity index (χ4n) is 2.40. The smallest absolute Gasteiger partial charge is 0.231 e. The minimum atomic E-state index is -0.303. The van der Waals surface area contributed by atoms with Crippen LogP contribution in [0.3, 0.4) is 0 Å². The topological polar surface area (TPSA) is 58.4 Å². The summed E-state index contributed by atoms with van der Waals surface area (Å²) >= 11 is 0. The van der Waals surface area contributed by atoms with Crippen molar-refractivity contribution in [3.8, 4) is 0 Å². The molecule has 20 heavy (non-hydrogen) atoms. The molecule has 4 nitrogen and oxygen atoms in total. The van der Waals surface area contributed by atoms with Gasteiger partial charge in [0.25, 0.3) is 0 Å². The van der Waals surface area contributed by atoms with Crippen LogP contribution in [0.5, 0.6) is 0 Å². The maximum Gasteiger partial charge on any atom is 0.231 e. The molecule has 4 heteroatoms. The third-order valence-electron chi connectivity index (χ3n) is 4.28. The largest absolute Gasteiger partial charge is 0.329 e. The first-order valence-corrected chi connectivity index (χ1v) is 7.47. The van der Waals surface area contributed by atoms with E-state index in [0.29, 0.717) is 6.54 Å². The second kappa shape index (κ2) is 6.37. The average Bonchev–Trinajstić information content (AvgIpc) is 3.27. The van der Waals surface area contributed by atoms with Crippen LogP contribution in [0.1, 0.15) is 32.3 Å². The molecule has 1 aliphatic rings. The summed E-state index contributed by atoms with van der Waals surface area (Å²) in [4.78, 5) is 14.6. The van der Waals surface area contributed by atoms with Gasteiger partial charge in [-0.05, 0) is 37.6 Å². The van der Waals surface area contributed by atoms with Gasteiger partial charge in [0.2, 0.25) is 5.91 Å². The molecule has 0 saturated heterocycles. The maximum absolute atomic E-state index is 12.3. The van der Waals surface area contributed by atoms with Crippen molar-refractivity contribution in [2.24, 2.45) is 11.1 Å². The predicted molar refractivity (Wildman–Crippen MR) is 82.4 cm³/mol.